The number of carbonyl (C=O) groups is 3. The number of Topliss-reactive ketones (excluding diaryl/α,β-unsaturated/α-hetero) is 1. The highest BCUT2D eigenvalue weighted by molar-refractivity contribution is 5.96. The van der Waals surface area contributed by atoms with Gasteiger partial charge in [0.25, 0.3) is 0 Å². The Morgan fingerprint density at radius 3 is 2.46 bits per heavy atom. The van der Waals surface area contributed by atoms with Crippen LogP contribution >= 0.6 is 0 Å². The minimum atomic E-state index is -0.305. The first-order chi connectivity index (χ1) is 17.4. The summed E-state index contributed by atoms with van der Waals surface area (Å²) in [6.45, 7) is 12.2. The van der Waals surface area contributed by atoms with Crippen molar-refractivity contribution in [3.8, 4) is 0 Å². The van der Waals surface area contributed by atoms with Crippen molar-refractivity contribution >= 4 is 17.7 Å². The lowest BCUT2D eigenvalue weighted by Gasteiger charge is -2.61. The first kappa shape index (κ1) is 26.7. The predicted molar refractivity (Wildman–Crippen MR) is 139 cm³/mol. The third kappa shape index (κ3) is 4.54. The van der Waals surface area contributed by atoms with Gasteiger partial charge in [0.1, 0.15) is 12.2 Å². The third-order valence-electron chi connectivity index (χ3n) is 11.5. The Hall–Kier alpha value is -1.85. The van der Waals surface area contributed by atoms with Crippen molar-refractivity contribution < 1.29 is 28.6 Å². The van der Waals surface area contributed by atoms with Crippen molar-refractivity contribution in [2.24, 2.45) is 52.3 Å². The van der Waals surface area contributed by atoms with Gasteiger partial charge in [-0.1, -0.05) is 27.7 Å². The van der Waals surface area contributed by atoms with Crippen LogP contribution in [0.3, 0.4) is 0 Å². The van der Waals surface area contributed by atoms with Gasteiger partial charge in [0.15, 0.2) is 11.5 Å². The van der Waals surface area contributed by atoms with E-state index in [1.54, 1.807) is 0 Å². The molecule has 0 aromatic rings. The number of hydrogen-bond acceptors (Lipinski definition) is 6. The molecule has 0 aromatic carbocycles. The molecule has 4 saturated carbocycles. The maximum Gasteiger partial charge on any atom is 0.302 e. The van der Waals surface area contributed by atoms with Crippen LogP contribution in [0.4, 0.5) is 0 Å². The van der Waals surface area contributed by atoms with Crippen LogP contribution < -0.4 is 0 Å². The Morgan fingerprint density at radius 1 is 1.03 bits per heavy atom. The molecular formula is C31H46O6. The normalized spacial score (nSPS) is 46.5. The van der Waals surface area contributed by atoms with Crippen LogP contribution in [0.5, 0.6) is 0 Å². The number of rotatable bonds is 4. The standard InChI is InChI=1S/C31H46O6/c1-17(16-35-19(3)32)13-27-29(34)18(2)28-26(37-27)15-25-23-8-7-21-14-22(36-20(4)33)9-11-30(21,5)24(23)10-12-31(25,28)6/h13,17-18,21-26,28H,7-12,14-16H2,1-6H3/b27-13-/t17-,18-,21+,22-,23+,24-,25-,26-,28-,30-,31-/m0/s1. The predicted octanol–water partition coefficient (Wildman–Crippen LogP) is 5.87. The molecule has 5 aliphatic rings. The topological polar surface area (TPSA) is 78.9 Å². The number of hydrogen-bond donors (Lipinski definition) is 0. The second-order valence-corrected chi connectivity index (χ2v) is 13.6. The lowest BCUT2D eigenvalue weighted by molar-refractivity contribution is -0.161. The summed E-state index contributed by atoms with van der Waals surface area (Å²) in [4.78, 5) is 36.2. The average Bonchev–Trinajstić information content (AvgIpc) is 3.13. The van der Waals surface area contributed by atoms with Gasteiger partial charge in [-0.05, 0) is 91.9 Å². The van der Waals surface area contributed by atoms with Gasteiger partial charge in [-0.15, -0.1) is 0 Å². The van der Waals surface area contributed by atoms with E-state index in [1.807, 2.05) is 13.0 Å². The van der Waals surface area contributed by atoms with E-state index in [0.717, 1.165) is 25.7 Å². The summed E-state index contributed by atoms with van der Waals surface area (Å²) in [7, 11) is 0. The summed E-state index contributed by atoms with van der Waals surface area (Å²) < 4.78 is 17.3. The van der Waals surface area contributed by atoms with Crippen LogP contribution in [0.2, 0.25) is 0 Å². The second-order valence-electron chi connectivity index (χ2n) is 13.6. The van der Waals surface area contributed by atoms with E-state index in [9.17, 15) is 14.4 Å². The molecule has 206 valence electrons. The molecule has 0 radical (unpaired) electrons. The lowest BCUT2D eigenvalue weighted by atomic mass is 9.44. The Balaban J connectivity index is 1.33. The van der Waals surface area contributed by atoms with Crippen LogP contribution in [0.15, 0.2) is 11.8 Å². The van der Waals surface area contributed by atoms with Crippen molar-refractivity contribution in [3.05, 3.63) is 11.8 Å². The van der Waals surface area contributed by atoms with E-state index >= 15 is 0 Å². The molecule has 0 amide bonds. The van der Waals surface area contributed by atoms with E-state index < -0.39 is 0 Å². The Morgan fingerprint density at radius 2 is 1.76 bits per heavy atom. The van der Waals surface area contributed by atoms with Crippen LogP contribution in [0.1, 0.15) is 92.9 Å². The maximum absolute atomic E-state index is 13.5. The molecule has 6 nitrogen and oxygen atoms in total. The SMILES string of the molecule is CC(=O)OC[C@@H](C)/C=C1\O[C@H]2C[C@H]3[C@@H]4CC[C@@H]5C[C@@H](OC(C)=O)CC[C@]5(C)[C@H]4CC[C@]3(C)[C@H]2[C@H](C)C1=O. The molecule has 0 spiro atoms. The second kappa shape index (κ2) is 9.72. The summed E-state index contributed by atoms with van der Waals surface area (Å²) in [6, 6.07) is 0. The van der Waals surface area contributed by atoms with Gasteiger partial charge in [-0.25, -0.2) is 0 Å². The molecular weight excluding hydrogens is 468 g/mol. The molecule has 4 aliphatic carbocycles. The minimum absolute atomic E-state index is 0.0523. The maximum atomic E-state index is 13.5. The third-order valence-corrected chi connectivity index (χ3v) is 11.5. The molecule has 1 heterocycles. The minimum Gasteiger partial charge on any atom is -0.487 e. The first-order valence-electron chi connectivity index (χ1n) is 14.7. The van der Waals surface area contributed by atoms with E-state index in [4.69, 9.17) is 14.2 Å². The van der Waals surface area contributed by atoms with E-state index in [1.165, 1.54) is 39.5 Å². The molecule has 6 heteroatoms. The van der Waals surface area contributed by atoms with Gasteiger partial charge in [0, 0.05) is 31.6 Å². The Labute approximate surface area is 222 Å². The molecule has 11 atom stereocenters. The zero-order chi connectivity index (χ0) is 26.7. The molecule has 0 aromatic heterocycles. The van der Waals surface area contributed by atoms with Gasteiger partial charge < -0.3 is 14.2 Å². The van der Waals surface area contributed by atoms with Gasteiger partial charge in [0.05, 0.1) is 6.61 Å². The largest absolute Gasteiger partial charge is 0.487 e. The van der Waals surface area contributed by atoms with Crippen LogP contribution in [-0.2, 0) is 28.6 Å². The average molecular weight is 515 g/mol. The summed E-state index contributed by atoms with van der Waals surface area (Å²) >= 11 is 0. The van der Waals surface area contributed by atoms with Crippen LogP contribution in [0, 0.1) is 52.3 Å². The summed E-state index contributed by atoms with van der Waals surface area (Å²) in [5, 5.41) is 0. The smallest absolute Gasteiger partial charge is 0.302 e. The lowest BCUT2D eigenvalue weighted by Crippen LogP contribution is -2.55. The fourth-order valence-electron chi connectivity index (χ4n) is 9.89. The van der Waals surface area contributed by atoms with Gasteiger partial charge in [-0.3, -0.25) is 14.4 Å². The molecule has 1 saturated heterocycles. The Kier molecular flexibility index (Phi) is 7.02. The van der Waals surface area contributed by atoms with Crippen molar-refractivity contribution in [2.45, 2.75) is 105 Å². The van der Waals surface area contributed by atoms with Crippen LogP contribution in [0.25, 0.3) is 0 Å². The van der Waals surface area contributed by atoms with Crippen molar-refractivity contribution in [1.29, 1.82) is 0 Å². The van der Waals surface area contributed by atoms with Gasteiger partial charge >= 0.3 is 11.9 Å². The highest BCUT2D eigenvalue weighted by atomic mass is 16.5. The zero-order valence-corrected chi connectivity index (χ0v) is 23.6. The number of ketones is 1. The molecule has 1 aliphatic heterocycles. The van der Waals surface area contributed by atoms with Crippen molar-refractivity contribution in [2.75, 3.05) is 6.61 Å². The first-order valence-corrected chi connectivity index (χ1v) is 14.7. The molecule has 0 N–H and O–H groups in total. The van der Waals surface area contributed by atoms with Gasteiger partial charge in [0.2, 0.25) is 0 Å². The van der Waals surface area contributed by atoms with Crippen LogP contribution in [-0.4, -0.2) is 36.5 Å². The number of allylic oxidation sites excluding steroid dienone is 1. The number of fused-ring (bicyclic) bond motifs is 7. The molecule has 5 fully saturated rings. The quantitative estimate of drug-likeness (QED) is 0.345. The Bertz CT molecular complexity index is 971. The number of carbonyl (C=O) groups excluding carboxylic acids is 3. The van der Waals surface area contributed by atoms with Crippen molar-refractivity contribution in [1.82, 2.24) is 0 Å². The monoisotopic (exact) mass is 514 g/mol. The summed E-state index contributed by atoms with van der Waals surface area (Å²) in [5.41, 5.74) is 0.447. The zero-order valence-electron chi connectivity index (χ0n) is 23.6. The molecule has 5 rings (SSSR count). The highest BCUT2D eigenvalue weighted by Crippen LogP contribution is 2.69. The van der Waals surface area contributed by atoms with Crippen molar-refractivity contribution in [3.63, 3.8) is 0 Å². The summed E-state index contributed by atoms with van der Waals surface area (Å²) in [5.74, 6) is 2.87. The molecule has 37 heavy (non-hydrogen) atoms. The molecule has 0 unspecified atom stereocenters. The highest BCUT2D eigenvalue weighted by Gasteiger charge is 2.65. The van der Waals surface area contributed by atoms with E-state index in [2.05, 4.69) is 20.8 Å². The molecule has 0 bridgehead atoms. The number of esters is 2. The van der Waals surface area contributed by atoms with Gasteiger partial charge in [-0.2, -0.15) is 0 Å². The van der Waals surface area contributed by atoms with E-state index in [-0.39, 0.29) is 59.7 Å². The number of ether oxygens (including phenoxy) is 3. The summed E-state index contributed by atoms with van der Waals surface area (Å²) in [6.07, 6.45) is 11.1. The van der Waals surface area contributed by atoms with E-state index in [0.29, 0.717) is 34.8 Å². The fraction of sp³-hybridized carbons (Fsp3) is 0.839. The fourth-order valence-corrected chi connectivity index (χ4v) is 9.89.